The van der Waals surface area contributed by atoms with Crippen LogP contribution in [0.25, 0.3) is 5.69 Å². The van der Waals surface area contributed by atoms with Gasteiger partial charge in [0.25, 0.3) is 0 Å². The number of halogens is 1. The lowest BCUT2D eigenvalue weighted by Gasteiger charge is -2.14. The third kappa shape index (κ3) is 2.40. The van der Waals surface area contributed by atoms with Gasteiger partial charge in [0.2, 0.25) is 0 Å². The normalized spacial score (nSPS) is 12.7. The van der Waals surface area contributed by atoms with Crippen molar-refractivity contribution in [2.24, 2.45) is 5.73 Å². The highest BCUT2D eigenvalue weighted by Crippen LogP contribution is 2.25. The van der Waals surface area contributed by atoms with Crippen molar-refractivity contribution < 1.29 is 4.39 Å². The van der Waals surface area contributed by atoms with Gasteiger partial charge >= 0.3 is 0 Å². The molecule has 0 spiro atoms. The van der Waals surface area contributed by atoms with Crippen molar-refractivity contribution in [3.05, 3.63) is 46.5 Å². The van der Waals surface area contributed by atoms with E-state index in [4.69, 9.17) is 5.73 Å². The monoisotopic (exact) mass is 261 g/mol. The van der Waals surface area contributed by atoms with Gasteiger partial charge in [0, 0.05) is 11.7 Å². The lowest BCUT2D eigenvalue weighted by atomic mass is 10.1. The Morgan fingerprint density at radius 1 is 1.37 bits per heavy atom. The van der Waals surface area contributed by atoms with Crippen molar-refractivity contribution in [1.29, 1.82) is 0 Å². The first-order valence-electron chi connectivity index (χ1n) is 6.56. The summed E-state index contributed by atoms with van der Waals surface area (Å²) in [5.41, 5.74) is 10.9. The van der Waals surface area contributed by atoms with Crippen molar-refractivity contribution >= 4 is 0 Å². The Morgan fingerprint density at radius 2 is 2.05 bits per heavy atom. The van der Waals surface area contributed by atoms with Crippen LogP contribution < -0.4 is 5.73 Å². The molecule has 2 N–H and O–H groups in total. The van der Waals surface area contributed by atoms with E-state index in [0.29, 0.717) is 0 Å². The number of nitrogens with two attached hydrogens (primary N) is 1. The summed E-state index contributed by atoms with van der Waals surface area (Å²) >= 11 is 0. The molecule has 1 aromatic heterocycles. The van der Waals surface area contributed by atoms with Gasteiger partial charge in [-0.3, -0.25) is 0 Å². The number of aryl methyl sites for hydroxylation is 1. The Morgan fingerprint density at radius 3 is 2.58 bits per heavy atom. The molecule has 0 aliphatic rings. The van der Waals surface area contributed by atoms with E-state index in [9.17, 15) is 4.39 Å². The molecule has 102 valence electrons. The minimum absolute atomic E-state index is 0.236. The fourth-order valence-corrected chi connectivity index (χ4v) is 2.50. The maximum Gasteiger partial charge on any atom is 0.123 e. The second kappa shape index (κ2) is 5.13. The molecule has 0 radical (unpaired) electrons. The van der Waals surface area contributed by atoms with Crippen LogP contribution in [0.4, 0.5) is 4.39 Å². The standard InChI is InChI=1S/C15H20FN3/c1-5-13-10(3)18-19(11(13)4)15-7-6-12(16)8-14(15)9(2)17/h6-9H,5,17H2,1-4H3. The van der Waals surface area contributed by atoms with E-state index in [2.05, 4.69) is 12.0 Å². The minimum atomic E-state index is -0.270. The molecule has 2 aromatic rings. The molecule has 0 bridgehead atoms. The summed E-state index contributed by atoms with van der Waals surface area (Å²) in [5, 5.41) is 4.56. The largest absolute Gasteiger partial charge is 0.324 e. The molecule has 0 fully saturated rings. The lowest BCUT2D eigenvalue weighted by Crippen LogP contribution is -2.12. The van der Waals surface area contributed by atoms with Crippen LogP contribution in [-0.4, -0.2) is 9.78 Å². The van der Waals surface area contributed by atoms with E-state index in [0.717, 1.165) is 29.1 Å². The molecule has 1 heterocycles. The molecule has 0 saturated heterocycles. The van der Waals surface area contributed by atoms with Crippen molar-refractivity contribution in [3.63, 3.8) is 0 Å². The number of aromatic nitrogens is 2. The summed E-state index contributed by atoms with van der Waals surface area (Å²) in [6.45, 7) is 7.99. The molecule has 0 amide bonds. The Bertz CT molecular complexity index is 600. The smallest absolute Gasteiger partial charge is 0.123 e. The molecule has 3 nitrogen and oxygen atoms in total. The molecule has 0 aliphatic heterocycles. The van der Waals surface area contributed by atoms with Crippen LogP contribution in [0.1, 0.15) is 42.4 Å². The van der Waals surface area contributed by atoms with Gasteiger partial charge in [-0.25, -0.2) is 9.07 Å². The van der Waals surface area contributed by atoms with Gasteiger partial charge < -0.3 is 5.73 Å². The quantitative estimate of drug-likeness (QED) is 0.922. The Balaban J connectivity index is 2.65. The zero-order valence-electron chi connectivity index (χ0n) is 11.9. The van der Waals surface area contributed by atoms with Crippen molar-refractivity contribution in [2.75, 3.05) is 0 Å². The fraction of sp³-hybridized carbons (Fsp3) is 0.400. The number of hydrogen-bond acceptors (Lipinski definition) is 2. The molecular formula is C15H20FN3. The summed E-state index contributed by atoms with van der Waals surface area (Å²) in [5.74, 6) is -0.270. The molecule has 4 heteroatoms. The van der Waals surface area contributed by atoms with Crippen LogP contribution >= 0.6 is 0 Å². The van der Waals surface area contributed by atoms with E-state index in [1.165, 1.54) is 17.7 Å². The zero-order chi connectivity index (χ0) is 14.2. The highest BCUT2D eigenvalue weighted by molar-refractivity contribution is 5.45. The Hall–Kier alpha value is -1.68. The number of benzene rings is 1. The predicted molar refractivity (Wildman–Crippen MR) is 75.0 cm³/mol. The maximum absolute atomic E-state index is 13.4. The van der Waals surface area contributed by atoms with Crippen LogP contribution in [0.5, 0.6) is 0 Å². The summed E-state index contributed by atoms with van der Waals surface area (Å²) in [4.78, 5) is 0. The summed E-state index contributed by atoms with van der Waals surface area (Å²) in [6.07, 6.45) is 0.937. The highest BCUT2D eigenvalue weighted by atomic mass is 19.1. The molecule has 2 rings (SSSR count). The first kappa shape index (κ1) is 13.7. The maximum atomic E-state index is 13.4. The van der Waals surface area contributed by atoms with E-state index in [1.54, 1.807) is 6.07 Å². The van der Waals surface area contributed by atoms with Gasteiger partial charge in [0.15, 0.2) is 0 Å². The molecular weight excluding hydrogens is 241 g/mol. The fourth-order valence-electron chi connectivity index (χ4n) is 2.50. The second-order valence-corrected chi connectivity index (χ2v) is 4.91. The summed E-state index contributed by atoms with van der Waals surface area (Å²) < 4.78 is 15.3. The highest BCUT2D eigenvalue weighted by Gasteiger charge is 2.16. The van der Waals surface area contributed by atoms with Gasteiger partial charge in [0.05, 0.1) is 11.4 Å². The SMILES string of the molecule is CCc1c(C)nn(-c2ccc(F)cc2C(C)N)c1C. The van der Waals surface area contributed by atoms with Crippen molar-refractivity contribution in [1.82, 2.24) is 9.78 Å². The van der Waals surface area contributed by atoms with Gasteiger partial charge in [-0.1, -0.05) is 6.92 Å². The van der Waals surface area contributed by atoms with Crippen LogP contribution in [0.15, 0.2) is 18.2 Å². The summed E-state index contributed by atoms with van der Waals surface area (Å²) in [7, 11) is 0. The number of nitrogens with zero attached hydrogens (tertiary/aromatic N) is 2. The summed E-state index contributed by atoms with van der Waals surface area (Å²) in [6, 6.07) is 4.44. The molecule has 1 aromatic carbocycles. The zero-order valence-corrected chi connectivity index (χ0v) is 11.9. The van der Waals surface area contributed by atoms with E-state index < -0.39 is 0 Å². The minimum Gasteiger partial charge on any atom is -0.324 e. The third-order valence-electron chi connectivity index (χ3n) is 3.50. The average molecular weight is 261 g/mol. The second-order valence-electron chi connectivity index (χ2n) is 4.91. The van der Waals surface area contributed by atoms with Crippen LogP contribution in [0.2, 0.25) is 0 Å². The molecule has 0 aliphatic carbocycles. The van der Waals surface area contributed by atoms with Crippen molar-refractivity contribution in [3.8, 4) is 5.69 Å². The van der Waals surface area contributed by atoms with E-state index in [-0.39, 0.29) is 11.9 Å². The van der Waals surface area contributed by atoms with E-state index in [1.807, 2.05) is 25.5 Å². The van der Waals surface area contributed by atoms with Crippen LogP contribution in [0.3, 0.4) is 0 Å². The first-order chi connectivity index (χ1) is 8.95. The van der Waals surface area contributed by atoms with Crippen LogP contribution in [0, 0.1) is 19.7 Å². The molecule has 19 heavy (non-hydrogen) atoms. The first-order valence-corrected chi connectivity index (χ1v) is 6.56. The predicted octanol–water partition coefficient (Wildman–Crippen LogP) is 3.21. The van der Waals surface area contributed by atoms with Gasteiger partial charge in [0.1, 0.15) is 5.82 Å². The number of hydrogen-bond donors (Lipinski definition) is 1. The van der Waals surface area contributed by atoms with Gasteiger partial charge in [-0.05, 0) is 56.5 Å². The van der Waals surface area contributed by atoms with Gasteiger partial charge in [-0.2, -0.15) is 5.10 Å². The van der Waals surface area contributed by atoms with Gasteiger partial charge in [-0.15, -0.1) is 0 Å². The average Bonchev–Trinajstić information content (AvgIpc) is 2.64. The van der Waals surface area contributed by atoms with E-state index >= 15 is 0 Å². The topological polar surface area (TPSA) is 43.8 Å². The lowest BCUT2D eigenvalue weighted by molar-refractivity contribution is 0.620. The van der Waals surface area contributed by atoms with Crippen molar-refractivity contribution in [2.45, 2.75) is 40.2 Å². The Kier molecular flexibility index (Phi) is 3.71. The van der Waals surface area contributed by atoms with Crippen LogP contribution in [-0.2, 0) is 6.42 Å². The molecule has 1 atom stereocenters. The Labute approximate surface area is 113 Å². The molecule has 1 unspecified atom stereocenters. The third-order valence-corrected chi connectivity index (χ3v) is 3.50. The molecule has 0 saturated carbocycles. The number of rotatable bonds is 3.